The van der Waals surface area contributed by atoms with Crippen molar-refractivity contribution in [3.63, 3.8) is 0 Å². The number of aliphatic hydroxyl groups is 1. The highest BCUT2D eigenvalue weighted by molar-refractivity contribution is 4.64. The van der Waals surface area contributed by atoms with Gasteiger partial charge in [-0.05, 0) is 5.92 Å². The molecule has 0 aromatic rings. The summed E-state index contributed by atoms with van der Waals surface area (Å²) in [5, 5.41) is 7.00. The zero-order valence-corrected chi connectivity index (χ0v) is 8.56. The van der Waals surface area contributed by atoms with Crippen molar-refractivity contribution < 1.29 is 5.11 Å². The van der Waals surface area contributed by atoms with E-state index in [9.17, 15) is 0 Å². The Kier molecular flexibility index (Phi) is 15.5. The third-order valence-corrected chi connectivity index (χ3v) is 2.05. The Morgan fingerprint density at radius 2 is 1.45 bits per heavy atom. The largest absolute Gasteiger partial charge is 0.400 e. The van der Waals surface area contributed by atoms with Gasteiger partial charge >= 0.3 is 0 Å². The van der Waals surface area contributed by atoms with Gasteiger partial charge in [0.15, 0.2) is 0 Å². The van der Waals surface area contributed by atoms with E-state index in [-0.39, 0.29) is 0 Å². The predicted molar refractivity (Wildman–Crippen MR) is 51.7 cm³/mol. The Morgan fingerprint density at radius 1 is 1.09 bits per heavy atom. The summed E-state index contributed by atoms with van der Waals surface area (Å²) in [4.78, 5) is 0. The molecule has 1 fully saturated rings. The molecule has 0 bridgehead atoms. The number of hydrogen-bond donors (Lipinski definition) is 1. The maximum Gasteiger partial charge on any atom is 0.0319 e. The van der Waals surface area contributed by atoms with Crippen LogP contribution in [0.1, 0.15) is 52.9 Å². The summed E-state index contributed by atoms with van der Waals surface area (Å²) in [5.41, 5.74) is 0. The van der Waals surface area contributed by atoms with Crippen LogP contribution in [0.4, 0.5) is 0 Å². The molecule has 0 radical (unpaired) electrons. The van der Waals surface area contributed by atoms with Crippen molar-refractivity contribution in [3.8, 4) is 0 Å². The van der Waals surface area contributed by atoms with E-state index in [1.54, 1.807) is 0 Å². The standard InChI is InChI=1S/C7H14.C2H6.CH4O/c1-2-7-5-3-4-6-7;2*1-2/h7H,2-6H2,1H3;1-2H3;2H,1H3. The number of aliphatic hydroxyl groups excluding tert-OH is 1. The molecule has 1 heteroatoms. The Bertz CT molecular complexity index is 46.8. The highest BCUT2D eigenvalue weighted by Gasteiger charge is 2.11. The third-order valence-electron chi connectivity index (χ3n) is 2.05. The normalized spacial score (nSPS) is 16.1. The van der Waals surface area contributed by atoms with Gasteiger partial charge in [0.2, 0.25) is 0 Å². The van der Waals surface area contributed by atoms with Gasteiger partial charge in [-0.25, -0.2) is 0 Å². The molecule has 0 unspecified atom stereocenters. The van der Waals surface area contributed by atoms with Crippen LogP contribution in [0.3, 0.4) is 0 Å². The van der Waals surface area contributed by atoms with E-state index in [0.29, 0.717) is 0 Å². The summed E-state index contributed by atoms with van der Waals surface area (Å²) in [5.74, 6) is 1.10. The second-order valence-corrected chi connectivity index (χ2v) is 2.56. The van der Waals surface area contributed by atoms with Gasteiger partial charge in [0.05, 0.1) is 0 Å². The molecule has 0 spiro atoms. The Labute approximate surface area is 71.8 Å². The lowest BCUT2D eigenvalue weighted by Crippen LogP contribution is -1.86. The highest BCUT2D eigenvalue weighted by Crippen LogP contribution is 2.26. The zero-order chi connectivity index (χ0) is 9.11. The van der Waals surface area contributed by atoms with Crippen molar-refractivity contribution in [3.05, 3.63) is 0 Å². The molecule has 0 heterocycles. The van der Waals surface area contributed by atoms with Crippen molar-refractivity contribution in [2.45, 2.75) is 52.9 Å². The van der Waals surface area contributed by atoms with Crippen LogP contribution in [0.2, 0.25) is 0 Å². The van der Waals surface area contributed by atoms with Crippen LogP contribution in [0, 0.1) is 5.92 Å². The molecular weight excluding hydrogens is 136 g/mol. The van der Waals surface area contributed by atoms with Gasteiger partial charge in [0.25, 0.3) is 0 Å². The van der Waals surface area contributed by atoms with Crippen LogP contribution in [-0.4, -0.2) is 12.2 Å². The average Bonchev–Trinajstić information content (AvgIpc) is 2.63. The molecule has 0 aromatic carbocycles. The van der Waals surface area contributed by atoms with E-state index < -0.39 is 0 Å². The molecule has 1 nitrogen and oxygen atoms in total. The molecule has 1 aliphatic carbocycles. The van der Waals surface area contributed by atoms with Crippen molar-refractivity contribution in [1.82, 2.24) is 0 Å². The number of hydrogen-bond acceptors (Lipinski definition) is 1. The zero-order valence-electron chi connectivity index (χ0n) is 8.56. The highest BCUT2D eigenvalue weighted by atomic mass is 16.2. The maximum absolute atomic E-state index is 7.00. The van der Waals surface area contributed by atoms with Crippen LogP contribution in [0.15, 0.2) is 0 Å². The minimum Gasteiger partial charge on any atom is -0.400 e. The summed E-state index contributed by atoms with van der Waals surface area (Å²) >= 11 is 0. The minimum atomic E-state index is 1.00. The van der Waals surface area contributed by atoms with Crippen molar-refractivity contribution >= 4 is 0 Å². The molecule has 0 aromatic heterocycles. The summed E-state index contributed by atoms with van der Waals surface area (Å²) in [7, 11) is 1.00. The van der Waals surface area contributed by atoms with Crippen LogP contribution < -0.4 is 0 Å². The van der Waals surface area contributed by atoms with E-state index in [1.807, 2.05) is 13.8 Å². The van der Waals surface area contributed by atoms with Crippen molar-refractivity contribution in [1.29, 1.82) is 0 Å². The van der Waals surface area contributed by atoms with Crippen LogP contribution in [0.5, 0.6) is 0 Å². The second-order valence-electron chi connectivity index (χ2n) is 2.56. The Hall–Kier alpha value is -0.0400. The minimum absolute atomic E-state index is 1.00. The second kappa shape index (κ2) is 12.6. The maximum atomic E-state index is 7.00. The monoisotopic (exact) mass is 160 g/mol. The van der Waals surface area contributed by atoms with E-state index >= 15 is 0 Å². The first kappa shape index (κ1) is 13.5. The molecular formula is C10H24O. The first-order valence-electron chi connectivity index (χ1n) is 4.88. The molecule has 0 atom stereocenters. The third kappa shape index (κ3) is 7.86. The molecule has 1 aliphatic rings. The van der Waals surface area contributed by atoms with Gasteiger partial charge < -0.3 is 5.11 Å². The molecule has 0 saturated heterocycles. The Balaban J connectivity index is 0. The first-order chi connectivity index (χ1) is 5.43. The molecule has 0 amide bonds. The molecule has 1 N–H and O–H groups in total. The summed E-state index contributed by atoms with van der Waals surface area (Å²) in [6.45, 7) is 6.30. The fourth-order valence-corrected chi connectivity index (χ4v) is 1.42. The molecule has 11 heavy (non-hydrogen) atoms. The van der Waals surface area contributed by atoms with Gasteiger partial charge in [-0.3, -0.25) is 0 Å². The van der Waals surface area contributed by atoms with E-state index in [4.69, 9.17) is 5.11 Å². The van der Waals surface area contributed by atoms with Crippen LogP contribution in [0.25, 0.3) is 0 Å². The van der Waals surface area contributed by atoms with Crippen molar-refractivity contribution in [2.24, 2.45) is 5.92 Å². The molecule has 70 valence electrons. The number of rotatable bonds is 1. The SMILES string of the molecule is CC.CCC1CCCC1.CO. The molecule has 1 saturated carbocycles. The van der Waals surface area contributed by atoms with E-state index in [0.717, 1.165) is 13.0 Å². The Morgan fingerprint density at radius 3 is 1.64 bits per heavy atom. The summed E-state index contributed by atoms with van der Waals surface area (Å²) in [6, 6.07) is 0. The van der Waals surface area contributed by atoms with Gasteiger partial charge in [-0.15, -0.1) is 0 Å². The summed E-state index contributed by atoms with van der Waals surface area (Å²) in [6.07, 6.45) is 7.43. The van der Waals surface area contributed by atoms with Gasteiger partial charge in [-0.2, -0.15) is 0 Å². The smallest absolute Gasteiger partial charge is 0.0319 e. The topological polar surface area (TPSA) is 20.2 Å². The molecule has 0 aliphatic heterocycles. The fraction of sp³-hybridized carbons (Fsp3) is 1.00. The quantitative estimate of drug-likeness (QED) is 0.624. The van der Waals surface area contributed by atoms with Crippen molar-refractivity contribution in [2.75, 3.05) is 7.11 Å². The van der Waals surface area contributed by atoms with Gasteiger partial charge in [0, 0.05) is 7.11 Å². The lowest BCUT2D eigenvalue weighted by Gasteiger charge is -1.99. The lowest BCUT2D eigenvalue weighted by atomic mass is 10.1. The van der Waals surface area contributed by atoms with Gasteiger partial charge in [0.1, 0.15) is 0 Å². The molecule has 1 rings (SSSR count). The van der Waals surface area contributed by atoms with Gasteiger partial charge in [-0.1, -0.05) is 52.9 Å². The first-order valence-corrected chi connectivity index (χ1v) is 4.88. The van der Waals surface area contributed by atoms with Crippen LogP contribution in [-0.2, 0) is 0 Å². The fourth-order valence-electron chi connectivity index (χ4n) is 1.42. The lowest BCUT2D eigenvalue weighted by molar-refractivity contribution is 0.399. The predicted octanol–water partition coefficient (Wildman–Crippen LogP) is 3.22. The average molecular weight is 160 g/mol. The van der Waals surface area contributed by atoms with E-state index in [1.165, 1.54) is 32.1 Å². The summed E-state index contributed by atoms with van der Waals surface area (Å²) < 4.78 is 0. The van der Waals surface area contributed by atoms with E-state index in [2.05, 4.69) is 6.92 Å². The van der Waals surface area contributed by atoms with Crippen LogP contribution >= 0.6 is 0 Å².